The molecule has 16 heavy (non-hydrogen) atoms. The summed E-state index contributed by atoms with van der Waals surface area (Å²) in [4.78, 5) is 5.35. The molecule has 0 spiro atoms. The van der Waals surface area contributed by atoms with Gasteiger partial charge in [-0.05, 0) is 30.3 Å². The van der Waals surface area contributed by atoms with Gasteiger partial charge in [0.25, 0.3) is 0 Å². The number of rotatable bonds is 1. The second-order valence-electron chi connectivity index (χ2n) is 3.11. The van der Waals surface area contributed by atoms with Crippen molar-refractivity contribution in [2.24, 2.45) is 0 Å². The van der Waals surface area contributed by atoms with Gasteiger partial charge in [0.1, 0.15) is 4.20 Å². The fourth-order valence-corrected chi connectivity index (χ4v) is 2.71. The number of thiol groups is 1. The highest BCUT2D eigenvalue weighted by atomic mass is 32.2. The predicted molar refractivity (Wildman–Crippen MR) is 79.5 cm³/mol. The lowest BCUT2D eigenvalue weighted by Crippen LogP contribution is -2.14. The first-order valence-electron chi connectivity index (χ1n) is 4.47. The minimum absolute atomic E-state index is 0.751. The molecule has 0 bridgehead atoms. The normalized spacial score (nSPS) is 10.6. The topological polar surface area (TPSA) is 43.8 Å². The molecule has 84 valence electrons. The van der Waals surface area contributed by atoms with Crippen LogP contribution in [0.5, 0.6) is 0 Å². The van der Waals surface area contributed by atoms with Gasteiger partial charge in [-0.15, -0.1) is 35.3 Å². The maximum absolute atomic E-state index is 6.00. The van der Waals surface area contributed by atoms with Crippen LogP contribution >= 0.6 is 35.3 Å². The van der Waals surface area contributed by atoms with E-state index in [1.165, 1.54) is 10.9 Å². The Morgan fingerprint density at radius 2 is 2.31 bits per heavy atom. The van der Waals surface area contributed by atoms with Crippen molar-refractivity contribution in [3.8, 4) is 0 Å². The molecule has 0 unspecified atom stereocenters. The molecule has 1 aromatic carbocycles. The van der Waals surface area contributed by atoms with Gasteiger partial charge in [-0.1, -0.05) is 0 Å². The largest absolute Gasteiger partial charge is 0.337 e. The Hall–Kier alpha value is -0.850. The van der Waals surface area contributed by atoms with Crippen LogP contribution in [0.3, 0.4) is 0 Å². The number of thioether (sulfide) groups is 1. The predicted octanol–water partition coefficient (Wildman–Crippen LogP) is 2.04. The number of aromatic nitrogens is 2. The fraction of sp³-hybridized carbons (Fsp3) is 0.100. The van der Waals surface area contributed by atoms with Gasteiger partial charge in [-0.2, -0.15) is 0 Å². The van der Waals surface area contributed by atoms with Gasteiger partial charge in [0, 0.05) is 4.90 Å². The van der Waals surface area contributed by atoms with Gasteiger partial charge < -0.3 is 5.84 Å². The van der Waals surface area contributed by atoms with Crippen molar-refractivity contribution in [1.82, 2.24) is 9.66 Å². The average molecular weight is 269 g/mol. The highest BCUT2D eigenvalue weighted by Crippen LogP contribution is 2.20. The van der Waals surface area contributed by atoms with Crippen LogP contribution in [0.2, 0.25) is 0 Å². The Kier molecular flexibility index (Phi) is 3.32. The van der Waals surface area contributed by atoms with Crippen molar-refractivity contribution < 1.29 is 0 Å². The van der Waals surface area contributed by atoms with E-state index in [2.05, 4.69) is 23.5 Å². The van der Waals surface area contributed by atoms with Crippen LogP contribution in [0.1, 0.15) is 5.82 Å². The number of nitrogen functional groups attached to an aromatic ring is 1. The number of imidazole rings is 1. The van der Waals surface area contributed by atoms with Crippen LogP contribution in [-0.2, 0) is 0 Å². The van der Waals surface area contributed by atoms with Crippen molar-refractivity contribution in [2.45, 2.75) is 4.90 Å². The second kappa shape index (κ2) is 4.57. The van der Waals surface area contributed by atoms with E-state index < -0.39 is 0 Å². The van der Waals surface area contributed by atoms with Crippen LogP contribution < -0.4 is 5.84 Å². The first-order chi connectivity index (χ1) is 7.67. The highest BCUT2D eigenvalue weighted by molar-refractivity contribution is 8.26. The zero-order chi connectivity index (χ0) is 11.7. The summed E-state index contributed by atoms with van der Waals surface area (Å²) in [5.74, 6) is 10.6. The lowest BCUT2D eigenvalue weighted by molar-refractivity contribution is 1.02. The Morgan fingerprint density at radius 1 is 1.56 bits per heavy atom. The van der Waals surface area contributed by atoms with E-state index in [4.69, 9.17) is 5.84 Å². The Balaban J connectivity index is 2.74. The lowest BCUT2D eigenvalue weighted by Gasteiger charge is -2.01. The summed E-state index contributed by atoms with van der Waals surface area (Å²) in [6.07, 6.45) is 1.98. The third kappa shape index (κ3) is 1.88. The monoisotopic (exact) mass is 269 g/mol. The lowest BCUT2D eigenvalue weighted by atomic mass is 10.3. The molecular weight excluding hydrogens is 258 g/mol. The van der Waals surface area contributed by atoms with Gasteiger partial charge in [-0.25, -0.2) is 9.66 Å². The van der Waals surface area contributed by atoms with Crippen molar-refractivity contribution in [3.63, 3.8) is 0 Å². The molecule has 0 radical (unpaired) electrons. The van der Waals surface area contributed by atoms with Crippen LogP contribution in [-0.4, -0.2) is 26.0 Å². The molecule has 0 aliphatic carbocycles. The molecule has 0 aliphatic heterocycles. The third-order valence-corrected chi connectivity index (χ3v) is 4.30. The van der Waals surface area contributed by atoms with E-state index in [1.807, 2.05) is 24.5 Å². The molecule has 3 nitrogen and oxygen atoms in total. The van der Waals surface area contributed by atoms with Gasteiger partial charge in [-0.3, -0.25) is 0 Å². The molecule has 0 saturated carbocycles. The van der Waals surface area contributed by atoms with E-state index in [0.717, 1.165) is 25.9 Å². The number of nitrogens with two attached hydrogens (primary N) is 1. The van der Waals surface area contributed by atoms with E-state index in [9.17, 15) is 0 Å². The third-order valence-electron chi connectivity index (χ3n) is 2.17. The summed E-state index contributed by atoms with van der Waals surface area (Å²) in [5, 5.41) is 0. The van der Waals surface area contributed by atoms with Crippen molar-refractivity contribution in [2.75, 3.05) is 12.1 Å². The summed E-state index contributed by atoms with van der Waals surface area (Å²) >= 11 is 5.88. The molecule has 2 N–H and O–H groups in total. The average Bonchev–Trinajstić information content (AvgIpc) is 2.59. The molecular formula is C10H11N3S3. The summed E-state index contributed by atoms with van der Waals surface area (Å²) in [5.41, 5.74) is 1.75. The van der Waals surface area contributed by atoms with Gasteiger partial charge in [0.15, 0.2) is 5.82 Å². The van der Waals surface area contributed by atoms with Crippen molar-refractivity contribution in [3.05, 3.63) is 24.0 Å². The molecule has 1 aromatic heterocycles. The van der Waals surface area contributed by atoms with Crippen LogP contribution in [0.4, 0.5) is 0 Å². The SMILES string of the molecule is C=S=C(SC)c1nc2ccc(S)cc2n1N. The number of hydrogen-bond donors (Lipinski definition) is 2. The molecule has 2 aromatic rings. The van der Waals surface area contributed by atoms with E-state index >= 15 is 0 Å². The Morgan fingerprint density at radius 3 is 2.94 bits per heavy atom. The van der Waals surface area contributed by atoms with Crippen molar-refractivity contribution >= 4 is 56.4 Å². The number of benzene rings is 1. The molecule has 1 heterocycles. The van der Waals surface area contributed by atoms with Gasteiger partial charge in [0.2, 0.25) is 0 Å². The smallest absolute Gasteiger partial charge is 0.176 e. The molecule has 0 fully saturated rings. The number of nitrogens with zero attached hydrogens (tertiary/aromatic N) is 2. The Labute approximate surface area is 107 Å². The maximum Gasteiger partial charge on any atom is 0.176 e. The number of fused-ring (bicyclic) bond motifs is 1. The minimum atomic E-state index is 0.751. The summed E-state index contributed by atoms with van der Waals surface area (Å²) in [6, 6.07) is 5.72. The molecule has 2 rings (SSSR count). The zero-order valence-electron chi connectivity index (χ0n) is 8.67. The first-order valence-corrected chi connectivity index (χ1v) is 7.13. The molecule has 0 atom stereocenters. The van der Waals surface area contributed by atoms with Crippen LogP contribution in [0.25, 0.3) is 11.0 Å². The minimum Gasteiger partial charge on any atom is -0.337 e. The quantitative estimate of drug-likeness (QED) is 0.473. The van der Waals surface area contributed by atoms with Crippen LogP contribution in [0.15, 0.2) is 23.1 Å². The summed E-state index contributed by atoms with van der Waals surface area (Å²) in [7, 11) is 1.40. The molecule has 0 saturated heterocycles. The number of hydrogen-bond acceptors (Lipinski definition) is 4. The molecule has 0 aliphatic rings. The van der Waals surface area contributed by atoms with Gasteiger partial charge in [0.05, 0.1) is 11.0 Å². The second-order valence-corrected chi connectivity index (χ2v) is 5.40. The zero-order valence-corrected chi connectivity index (χ0v) is 11.2. The highest BCUT2D eigenvalue weighted by Gasteiger charge is 2.11. The van der Waals surface area contributed by atoms with Crippen molar-refractivity contribution in [1.29, 1.82) is 0 Å². The molecule has 0 amide bonds. The van der Waals surface area contributed by atoms with E-state index in [1.54, 1.807) is 16.4 Å². The summed E-state index contributed by atoms with van der Waals surface area (Å²) < 4.78 is 2.58. The fourth-order valence-electron chi connectivity index (χ4n) is 1.44. The summed E-state index contributed by atoms with van der Waals surface area (Å²) in [6.45, 7) is 0. The maximum atomic E-state index is 6.00. The van der Waals surface area contributed by atoms with E-state index in [0.29, 0.717) is 0 Å². The molecule has 6 heteroatoms. The van der Waals surface area contributed by atoms with Gasteiger partial charge >= 0.3 is 0 Å². The van der Waals surface area contributed by atoms with E-state index in [-0.39, 0.29) is 0 Å². The Bertz CT molecular complexity index is 597. The van der Waals surface area contributed by atoms with Crippen LogP contribution in [0, 0.1) is 0 Å². The first kappa shape index (κ1) is 11.6. The standard InChI is InChI=1S/C10H11N3S3/c1-15-10(16-2)9-12-7-4-3-6(14)5-8(7)13(9)11/h3-5,14H,1,11H2,2H3.